The number of H-pyrrole nitrogens is 2. The Labute approximate surface area is 289 Å². The largest absolute Gasteiger partial charge is 0.444 e. The highest BCUT2D eigenvalue weighted by Gasteiger charge is 2.39. The van der Waals surface area contributed by atoms with Crippen molar-refractivity contribution >= 4 is 30.6 Å². The molecule has 11 heteroatoms. The summed E-state index contributed by atoms with van der Waals surface area (Å²) >= 11 is 0. The molecule has 0 aliphatic carbocycles. The van der Waals surface area contributed by atoms with Crippen molar-refractivity contribution in [2.24, 2.45) is 0 Å². The summed E-state index contributed by atoms with van der Waals surface area (Å²) in [5.74, 6) is 1.60. The number of carbonyl (C=O) groups excluding carboxylic acids is 2. The van der Waals surface area contributed by atoms with E-state index in [1.165, 1.54) is 21.5 Å². The second-order valence-corrected chi connectivity index (χ2v) is 20.5. The molecule has 2 atom stereocenters. The number of ether oxygens (including phenoxy) is 2. The van der Waals surface area contributed by atoms with Gasteiger partial charge in [0.2, 0.25) is 0 Å². The molecule has 4 aromatic rings. The van der Waals surface area contributed by atoms with Gasteiger partial charge in [0.05, 0.1) is 35.9 Å². The molecule has 0 radical (unpaired) electrons. The molecule has 2 saturated heterocycles. The molecule has 3 aliphatic heterocycles. The van der Waals surface area contributed by atoms with Gasteiger partial charge in [-0.2, -0.15) is 0 Å². The molecule has 0 spiro atoms. The summed E-state index contributed by atoms with van der Waals surface area (Å²) in [5, 5.41) is 2.79. The van der Waals surface area contributed by atoms with Gasteiger partial charge < -0.3 is 19.4 Å². The Morgan fingerprint density at radius 3 is 1.51 bits per heavy atom. The predicted molar refractivity (Wildman–Crippen MR) is 194 cm³/mol. The number of amides is 2. The van der Waals surface area contributed by atoms with Gasteiger partial charge in [-0.25, -0.2) is 19.6 Å². The number of fused-ring (bicyclic) bond motifs is 3. The van der Waals surface area contributed by atoms with Crippen LogP contribution in [-0.4, -0.2) is 74.3 Å². The minimum Gasteiger partial charge on any atom is -0.444 e. The summed E-state index contributed by atoms with van der Waals surface area (Å²) in [6.45, 7) is 17.5. The lowest BCUT2D eigenvalue weighted by molar-refractivity contribution is 0.0208. The third-order valence-electron chi connectivity index (χ3n) is 9.88. The first kappa shape index (κ1) is 33.1. The minimum atomic E-state index is -2.05. The zero-order chi connectivity index (χ0) is 34.9. The van der Waals surface area contributed by atoms with Crippen LogP contribution in [0.4, 0.5) is 9.59 Å². The van der Waals surface area contributed by atoms with E-state index in [-0.39, 0.29) is 24.3 Å². The van der Waals surface area contributed by atoms with Crippen molar-refractivity contribution in [3.05, 3.63) is 60.4 Å². The Morgan fingerprint density at radius 2 is 1.12 bits per heavy atom. The van der Waals surface area contributed by atoms with Crippen LogP contribution in [-0.2, 0) is 9.47 Å². The Balaban J connectivity index is 1.11. The van der Waals surface area contributed by atoms with Crippen LogP contribution >= 0.6 is 0 Å². The molecule has 49 heavy (non-hydrogen) atoms. The van der Waals surface area contributed by atoms with Crippen LogP contribution in [0.15, 0.2) is 48.8 Å². The maximum Gasteiger partial charge on any atom is 0.410 e. The van der Waals surface area contributed by atoms with Crippen molar-refractivity contribution in [1.29, 1.82) is 0 Å². The van der Waals surface area contributed by atoms with E-state index in [2.05, 4.69) is 59.5 Å². The molecule has 0 bridgehead atoms. The minimum absolute atomic E-state index is 0.122. The average Bonchev–Trinajstić information content (AvgIpc) is 3.85. The summed E-state index contributed by atoms with van der Waals surface area (Å²) in [5.41, 5.74) is 5.59. The normalized spacial score (nSPS) is 20.0. The molecule has 2 aromatic carbocycles. The quantitative estimate of drug-likeness (QED) is 0.217. The van der Waals surface area contributed by atoms with Crippen LogP contribution in [0.5, 0.6) is 0 Å². The molecular formula is C38H48N6O4Si. The third-order valence-corrected chi connectivity index (χ3v) is 13.4. The maximum absolute atomic E-state index is 12.9. The van der Waals surface area contributed by atoms with Crippen LogP contribution in [0.1, 0.15) is 91.0 Å². The fourth-order valence-corrected chi connectivity index (χ4v) is 10.7. The Hall–Kier alpha value is -4.38. The first-order chi connectivity index (χ1) is 23.1. The number of hydrogen-bond donors (Lipinski definition) is 2. The van der Waals surface area contributed by atoms with Gasteiger partial charge in [0.1, 0.15) is 30.9 Å². The smallest absolute Gasteiger partial charge is 0.410 e. The molecule has 0 unspecified atom stereocenters. The number of carbonyl (C=O) groups is 2. The summed E-state index contributed by atoms with van der Waals surface area (Å²) in [7, 11) is -2.05. The number of nitrogens with one attached hydrogen (secondary N) is 2. The molecule has 2 fully saturated rings. The van der Waals surface area contributed by atoms with Crippen LogP contribution in [0, 0.1) is 0 Å². The molecule has 258 valence electrons. The summed E-state index contributed by atoms with van der Waals surface area (Å²) < 4.78 is 11.4. The molecule has 3 aliphatic rings. The number of imidazole rings is 2. The number of likely N-dealkylation sites (tertiary alicyclic amines) is 2. The van der Waals surface area contributed by atoms with Gasteiger partial charge in [-0.3, -0.25) is 9.80 Å². The van der Waals surface area contributed by atoms with E-state index in [0.717, 1.165) is 59.8 Å². The number of benzene rings is 2. The zero-order valence-corrected chi connectivity index (χ0v) is 30.9. The van der Waals surface area contributed by atoms with Crippen molar-refractivity contribution in [3.63, 3.8) is 0 Å². The lowest BCUT2D eigenvalue weighted by Gasteiger charge is -2.27. The average molecular weight is 681 g/mol. The zero-order valence-electron chi connectivity index (χ0n) is 29.9. The van der Waals surface area contributed by atoms with Crippen molar-refractivity contribution < 1.29 is 19.1 Å². The van der Waals surface area contributed by atoms with Crippen LogP contribution in [0.2, 0.25) is 13.1 Å². The molecule has 0 saturated carbocycles. The van der Waals surface area contributed by atoms with Crippen LogP contribution in [0.3, 0.4) is 0 Å². The first-order valence-electron chi connectivity index (χ1n) is 17.5. The van der Waals surface area contributed by atoms with Gasteiger partial charge >= 0.3 is 12.2 Å². The first-order valence-corrected chi connectivity index (χ1v) is 20.5. The number of aromatic amines is 2. The Morgan fingerprint density at radius 1 is 0.714 bits per heavy atom. The van der Waals surface area contributed by atoms with Gasteiger partial charge in [0, 0.05) is 13.1 Å². The number of aromatic nitrogens is 4. The lowest BCUT2D eigenvalue weighted by Crippen LogP contribution is -2.49. The van der Waals surface area contributed by atoms with Gasteiger partial charge in [0.25, 0.3) is 0 Å². The second-order valence-electron chi connectivity index (χ2n) is 16.2. The molecule has 5 heterocycles. The number of hydrogen-bond acceptors (Lipinski definition) is 6. The van der Waals surface area contributed by atoms with Crippen LogP contribution < -0.4 is 10.4 Å². The summed E-state index contributed by atoms with van der Waals surface area (Å²) in [4.78, 5) is 46.0. The Kier molecular flexibility index (Phi) is 8.04. The highest BCUT2D eigenvalue weighted by Crippen LogP contribution is 2.37. The molecular weight excluding hydrogens is 633 g/mol. The van der Waals surface area contributed by atoms with E-state index in [9.17, 15) is 9.59 Å². The van der Waals surface area contributed by atoms with Gasteiger partial charge in [-0.1, -0.05) is 49.5 Å². The van der Waals surface area contributed by atoms with E-state index < -0.39 is 19.3 Å². The maximum atomic E-state index is 12.9. The molecule has 10 nitrogen and oxygen atoms in total. The third kappa shape index (κ3) is 6.29. The lowest BCUT2D eigenvalue weighted by atomic mass is 10.0. The fourth-order valence-electron chi connectivity index (χ4n) is 7.56. The van der Waals surface area contributed by atoms with Crippen molar-refractivity contribution in [2.45, 2.75) is 104 Å². The van der Waals surface area contributed by atoms with Gasteiger partial charge in [0.15, 0.2) is 0 Å². The molecule has 2 aromatic heterocycles. The topological polar surface area (TPSA) is 116 Å². The van der Waals surface area contributed by atoms with E-state index >= 15 is 0 Å². The highest BCUT2D eigenvalue weighted by atomic mass is 28.3. The highest BCUT2D eigenvalue weighted by molar-refractivity contribution is 7.03. The Bertz CT molecular complexity index is 1780. The monoisotopic (exact) mass is 680 g/mol. The van der Waals surface area contributed by atoms with Crippen molar-refractivity contribution in [3.8, 4) is 33.6 Å². The second kappa shape index (κ2) is 11.9. The van der Waals surface area contributed by atoms with Crippen molar-refractivity contribution in [1.82, 2.24) is 29.7 Å². The van der Waals surface area contributed by atoms with E-state index in [0.29, 0.717) is 13.1 Å². The molecule has 7 rings (SSSR count). The predicted octanol–water partition coefficient (Wildman–Crippen LogP) is 7.41. The van der Waals surface area contributed by atoms with Gasteiger partial charge in [-0.15, -0.1) is 0 Å². The van der Waals surface area contributed by atoms with Gasteiger partial charge in [-0.05, 0) is 99.9 Å². The van der Waals surface area contributed by atoms with E-state index in [1.54, 1.807) is 9.80 Å². The fraction of sp³-hybridized carbons (Fsp3) is 0.474. The number of nitrogens with zero attached hydrogens (tertiary/aromatic N) is 4. The van der Waals surface area contributed by atoms with Crippen molar-refractivity contribution in [2.75, 3.05) is 13.1 Å². The molecule has 2 N–H and O–H groups in total. The standard InChI is InChI=1S/C38H48N6O4Si/c1-37(2,3)47-35(45)43-17-9-11-29(43)33-39-21-27(41-33)23-13-15-25-26-16-14-24(20-32(26)49(7,8)31(25)19-23)28-22-40-34(42-28)30-12-10-18-44(30)36(46)48-38(4,5)6/h13-16,19-22,29-30H,9-12,17-18H2,1-8H3,(H,39,41)(H,40,42)/t29-,30-/m0/s1. The van der Waals surface area contributed by atoms with Crippen LogP contribution in [0.25, 0.3) is 33.6 Å². The number of rotatable bonds is 4. The summed E-state index contributed by atoms with van der Waals surface area (Å²) in [6, 6.07) is 13.2. The summed E-state index contributed by atoms with van der Waals surface area (Å²) in [6.07, 6.45) is 6.76. The van der Waals surface area contributed by atoms with E-state index in [4.69, 9.17) is 19.4 Å². The SMILES string of the molecule is CC(C)(C)OC(=O)N1CCC[C@H]1c1ncc(-c2ccc3c(c2)[Si](C)(C)c2cc(-c4cnc([C@@H]5CCCN5C(=O)OC(C)(C)C)[nH]4)ccc2-3)[nH]1. The molecule has 2 amide bonds. The van der Waals surface area contributed by atoms with E-state index in [1.807, 2.05) is 53.9 Å².